The molecule has 0 aliphatic rings. The highest BCUT2D eigenvalue weighted by atomic mass is 16.5. The highest BCUT2D eigenvalue weighted by molar-refractivity contribution is 6.06. The van der Waals surface area contributed by atoms with Crippen molar-refractivity contribution in [1.29, 1.82) is 5.26 Å². The lowest BCUT2D eigenvalue weighted by molar-refractivity contribution is 0.104. The number of methoxy groups -OCH3 is 1. The van der Waals surface area contributed by atoms with Crippen LogP contribution in [0, 0.1) is 11.3 Å². The van der Waals surface area contributed by atoms with Crippen LogP contribution in [0.2, 0.25) is 0 Å². The third-order valence-corrected chi connectivity index (χ3v) is 2.93. The Morgan fingerprint density at radius 1 is 1.24 bits per heavy atom. The minimum atomic E-state index is -0.161. The van der Waals surface area contributed by atoms with Crippen molar-refractivity contribution < 1.29 is 14.6 Å². The molecule has 0 aliphatic carbocycles. The molecular formula is C17H13NO3. The Balaban J connectivity index is 2.16. The number of carbonyl (C=O) groups excluding carboxylic acids is 1. The van der Waals surface area contributed by atoms with E-state index in [0.29, 0.717) is 16.9 Å². The van der Waals surface area contributed by atoms with E-state index in [1.54, 1.807) is 42.5 Å². The minimum Gasteiger partial charge on any atom is -0.504 e. The van der Waals surface area contributed by atoms with Crippen LogP contribution < -0.4 is 4.74 Å². The quantitative estimate of drug-likeness (QED) is 0.689. The molecule has 0 fully saturated rings. The van der Waals surface area contributed by atoms with E-state index < -0.39 is 0 Å². The molecule has 2 rings (SSSR count). The van der Waals surface area contributed by atoms with E-state index >= 15 is 0 Å². The predicted molar refractivity (Wildman–Crippen MR) is 79.2 cm³/mol. The number of phenols is 1. The van der Waals surface area contributed by atoms with Crippen molar-refractivity contribution in [1.82, 2.24) is 0 Å². The first-order valence-corrected chi connectivity index (χ1v) is 6.23. The number of aromatic hydroxyl groups is 1. The maximum atomic E-state index is 12.0. The molecule has 0 atom stereocenters. The van der Waals surface area contributed by atoms with Crippen molar-refractivity contribution >= 4 is 11.9 Å². The Bertz CT molecular complexity index is 725. The number of hydrogen-bond acceptors (Lipinski definition) is 4. The molecular weight excluding hydrogens is 266 g/mol. The fourth-order valence-corrected chi connectivity index (χ4v) is 1.78. The summed E-state index contributed by atoms with van der Waals surface area (Å²) in [5.41, 5.74) is 1.77. The van der Waals surface area contributed by atoms with Crippen molar-refractivity contribution in [3.05, 3.63) is 65.2 Å². The Morgan fingerprint density at radius 3 is 2.57 bits per heavy atom. The zero-order valence-electron chi connectivity index (χ0n) is 11.4. The number of phenolic OH excluding ortho intramolecular Hbond substituents is 1. The maximum absolute atomic E-state index is 12.0. The van der Waals surface area contributed by atoms with Crippen LogP contribution in [0.25, 0.3) is 6.08 Å². The smallest absolute Gasteiger partial charge is 0.185 e. The Labute approximate surface area is 122 Å². The van der Waals surface area contributed by atoms with Crippen LogP contribution >= 0.6 is 0 Å². The summed E-state index contributed by atoms with van der Waals surface area (Å²) in [4.78, 5) is 12.0. The second-order valence-corrected chi connectivity index (χ2v) is 4.32. The molecule has 104 valence electrons. The fraction of sp³-hybridized carbons (Fsp3) is 0.0588. The molecule has 0 bridgehead atoms. The van der Waals surface area contributed by atoms with Crippen molar-refractivity contribution in [3.63, 3.8) is 0 Å². The number of nitriles is 1. The first-order valence-electron chi connectivity index (χ1n) is 6.23. The summed E-state index contributed by atoms with van der Waals surface area (Å²) in [6.45, 7) is 0. The zero-order valence-corrected chi connectivity index (χ0v) is 11.4. The van der Waals surface area contributed by atoms with Gasteiger partial charge in [-0.05, 0) is 48.0 Å². The summed E-state index contributed by atoms with van der Waals surface area (Å²) < 4.78 is 5.00. The van der Waals surface area contributed by atoms with Crippen LogP contribution in [-0.2, 0) is 0 Å². The van der Waals surface area contributed by atoms with Crippen LogP contribution in [0.4, 0.5) is 0 Å². The molecule has 0 unspecified atom stereocenters. The molecule has 21 heavy (non-hydrogen) atoms. The number of nitrogens with zero attached hydrogens (tertiary/aromatic N) is 1. The van der Waals surface area contributed by atoms with Gasteiger partial charge >= 0.3 is 0 Å². The van der Waals surface area contributed by atoms with Crippen molar-refractivity contribution in [2.45, 2.75) is 0 Å². The van der Waals surface area contributed by atoms with Gasteiger partial charge in [0.05, 0.1) is 18.7 Å². The van der Waals surface area contributed by atoms with Gasteiger partial charge in [0.1, 0.15) is 0 Å². The average Bonchev–Trinajstić information content (AvgIpc) is 2.53. The van der Waals surface area contributed by atoms with E-state index in [2.05, 4.69) is 0 Å². The second kappa shape index (κ2) is 6.40. The van der Waals surface area contributed by atoms with Gasteiger partial charge in [0, 0.05) is 5.56 Å². The van der Waals surface area contributed by atoms with E-state index in [-0.39, 0.29) is 11.5 Å². The van der Waals surface area contributed by atoms with Gasteiger partial charge in [-0.15, -0.1) is 0 Å². The van der Waals surface area contributed by atoms with E-state index in [1.807, 2.05) is 6.07 Å². The molecule has 0 saturated carbocycles. The van der Waals surface area contributed by atoms with Gasteiger partial charge in [0.15, 0.2) is 17.3 Å². The maximum Gasteiger partial charge on any atom is 0.185 e. The third-order valence-electron chi connectivity index (χ3n) is 2.93. The van der Waals surface area contributed by atoms with Crippen LogP contribution in [0.5, 0.6) is 11.5 Å². The third kappa shape index (κ3) is 3.48. The summed E-state index contributed by atoms with van der Waals surface area (Å²) in [7, 11) is 1.46. The van der Waals surface area contributed by atoms with Gasteiger partial charge in [-0.2, -0.15) is 5.26 Å². The number of ketones is 1. The molecule has 0 heterocycles. The number of rotatable bonds is 4. The SMILES string of the molecule is COc1cc(C=CC(=O)c2ccc(C#N)cc2)ccc1O. The highest BCUT2D eigenvalue weighted by Gasteiger charge is 2.03. The molecule has 4 heteroatoms. The summed E-state index contributed by atoms with van der Waals surface area (Å²) in [6, 6.07) is 13.3. The summed E-state index contributed by atoms with van der Waals surface area (Å²) in [5, 5.41) is 18.2. The van der Waals surface area contributed by atoms with Crippen molar-refractivity contribution in [2.24, 2.45) is 0 Å². The standard InChI is InChI=1S/C17H13NO3/c1-21-17-10-12(5-9-16(17)20)4-8-15(19)14-6-2-13(11-18)3-7-14/h2-10,20H,1H3. The summed E-state index contributed by atoms with van der Waals surface area (Å²) >= 11 is 0. The van der Waals surface area contributed by atoms with Crippen LogP contribution in [0.3, 0.4) is 0 Å². The molecule has 0 amide bonds. The fourth-order valence-electron chi connectivity index (χ4n) is 1.78. The largest absolute Gasteiger partial charge is 0.504 e. The molecule has 2 aromatic rings. The lowest BCUT2D eigenvalue weighted by Gasteiger charge is -2.03. The van der Waals surface area contributed by atoms with E-state index in [0.717, 1.165) is 5.56 Å². The Kier molecular flexibility index (Phi) is 4.37. The van der Waals surface area contributed by atoms with Gasteiger partial charge in [0.2, 0.25) is 0 Å². The van der Waals surface area contributed by atoms with Crippen molar-refractivity contribution in [3.8, 4) is 17.6 Å². The predicted octanol–water partition coefficient (Wildman–Crippen LogP) is 3.17. The molecule has 0 spiro atoms. The average molecular weight is 279 g/mol. The number of ether oxygens (including phenoxy) is 1. The van der Waals surface area contributed by atoms with Crippen molar-refractivity contribution in [2.75, 3.05) is 7.11 Å². The molecule has 4 nitrogen and oxygen atoms in total. The second-order valence-electron chi connectivity index (χ2n) is 4.32. The van der Waals surface area contributed by atoms with E-state index in [9.17, 15) is 9.90 Å². The lowest BCUT2D eigenvalue weighted by Crippen LogP contribution is -1.93. The molecule has 0 aromatic heterocycles. The lowest BCUT2D eigenvalue weighted by atomic mass is 10.1. The van der Waals surface area contributed by atoms with Gasteiger partial charge in [0.25, 0.3) is 0 Å². The summed E-state index contributed by atoms with van der Waals surface area (Å²) in [5.74, 6) is 0.238. The normalized spacial score (nSPS) is 10.3. The molecule has 0 saturated heterocycles. The number of benzene rings is 2. The van der Waals surface area contributed by atoms with Crippen LogP contribution in [-0.4, -0.2) is 18.0 Å². The van der Waals surface area contributed by atoms with Crippen LogP contribution in [0.15, 0.2) is 48.5 Å². The first kappa shape index (κ1) is 14.4. The Hall–Kier alpha value is -3.06. The van der Waals surface area contributed by atoms with Gasteiger partial charge in [-0.3, -0.25) is 4.79 Å². The van der Waals surface area contributed by atoms with E-state index in [4.69, 9.17) is 10.00 Å². The minimum absolute atomic E-state index is 0.0491. The van der Waals surface area contributed by atoms with Gasteiger partial charge in [-0.25, -0.2) is 0 Å². The van der Waals surface area contributed by atoms with Gasteiger partial charge in [-0.1, -0.05) is 12.1 Å². The first-order chi connectivity index (χ1) is 10.1. The molecule has 0 aliphatic heterocycles. The highest BCUT2D eigenvalue weighted by Crippen LogP contribution is 2.26. The number of hydrogen-bond donors (Lipinski definition) is 1. The molecule has 1 N–H and O–H groups in total. The monoisotopic (exact) mass is 279 g/mol. The molecule has 2 aromatic carbocycles. The Morgan fingerprint density at radius 2 is 1.95 bits per heavy atom. The summed E-state index contributed by atoms with van der Waals surface area (Å²) in [6.07, 6.45) is 3.08. The topological polar surface area (TPSA) is 70.3 Å². The number of allylic oxidation sites excluding steroid dienone is 1. The van der Waals surface area contributed by atoms with Crippen LogP contribution in [0.1, 0.15) is 21.5 Å². The van der Waals surface area contributed by atoms with Gasteiger partial charge < -0.3 is 9.84 Å². The number of carbonyl (C=O) groups is 1. The zero-order chi connectivity index (χ0) is 15.2. The molecule has 0 radical (unpaired) electrons. The van der Waals surface area contributed by atoms with E-state index in [1.165, 1.54) is 19.3 Å².